The Kier molecular flexibility index (Phi) is 5.44. The Morgan fingerprint density at radius 3 is 2.53 bits per heavy atom. The minimum absolute atomic E-state index is 0.0250. The van der Waals surface area contributed by atoms with Crippen molar-refractivity contribution in [3.8, 4) is 5.75 Å². The smallest absolute Gasteiger partial charge is 0.260 e. The first-order valence-corrected chi connectivity index (χ1v) is 11.3. The van der Waals surface area contributed by atoms with E-state index >= 15 is 0 Å². The maximum absolute atomic E-state index is 13.7. The molecular formula is C28H28N2O2. The molecule has 0 fully saturated rings. The van der Waals surface area contributed by atoms with Gasteiger partial charge in [0, 0.05) is 18.2 Å². The van der Waals surface area contributed by atoms with Crippen molar-refractivity contribution in [1.82, 2.24) is 0 Å². The summed E-state index contributed by atoms with van der Waals surface area (Å²) >= 11 is 0. The van der Waals surface area contributed by atoms with Crippen LogP contribution in [0.2, 0.25) is 0 Å². The van der Waals surface area contributed by atoms with Gasteiger partial charge >= 0.3 is 0 Å². The standard InChI is InChI=1S/C28H28N2O2/c1-3-30(20-9-5-4-6-10-20)28(31)25-14-8-13-24-22-11-7-12-23(22)26(29-27(24)25)19-15-17-21(32-2)18-16-19/h4-11,13-18,22-23,26,29H,3,12H2,1-2H3. The molecule has 3 aromatic rings. The van der Waals surface area contributed by atoms with Gasteiger partial charge < -0.3 is 15.0 Å². The molecule has 4 nitrogen and oxygen atoms in total. The van der Waals surface area contributed by atoms with E-state index in [4.69, 9.17) is 4.74 Å². The molecule has 0 saturated heterocycles. The van der Waals surface area contributed by atoms with E-state index in [9.17, 15) is 4.79 Å². The number of anilines is 2. The molecule has 1 heterocycles. The molecule has 0 spiro atoms. The third-order valence-corrected chi connectivity index (χ3v) is 6.73. The van der Waals surface area contributed by atoms with E-state index in [0.29, 0.717) is 18.4 Å². The number of methoxy groups -OCH3 is 1. The number of carbonyl (C=O) groups is 1. The van der Waals surface area contributed by atoms with E-state index in [1.54, 1.807) is 7.11 Å². The minimum atomic E-state index is 0.0250. The number of nitrogens with zero attached hydrogens (tertiary/aromatic N) is 1. The van der Waals surface area contributed by atoms with Crippen molar-refractivity contribution in [2.75, 3.05) is 23.9 Å². The van der Waals surface area contributed by atoms with Crippen molar-refractivity contribution < 1.29 is 9.53 Å². The molecule has 0 aromatic heterocycles. The molecule has 0 saturated carbocycles. The summed E-state index contributed by atoms with van der Waals surface area (Å²) in [4.78, 5) is 15.6. The number of ether oxygens (including phenoxy) is 1. The van der Waals surface area contributed by atoms with Crippen LogP contribution in [0.1, 0.15) is 46.8 Å². The predicted molar refractivity (Wildman–Crippen MR) is 130 cm³/mol. The summed E-state index contributed by atoms with van der Waals surface area (Å²) < 4.78 is 5.35. The molecule has 162 valence electrons. The minimum Gasteiger partial charge on any atom is -0.497 e. The fourth-order valence-electron chi connectivity index (χ4n) is 5.14. The van der Waals surface area contributed by atoms with Gasteiger partial charge in [0.1, 0.15) is 5.75 Å². The monoisotopic (exact) mass is 424 g/mol. The topological polar surface area (TPSA) is 41.6 Å². The summed E-state index contributed by atoms with van der Waals surface area (Å²) in [6, 6.07) is 24.4. The molecule has 3 unspecified atom stereocenters. The highest BCUT2D eigenvalue weighted by atomic mass is 16.5. The Hall–Kier alpha value is -3.53. The fourth-order valence-corrected chi connectivity index (χ4v) is 5.14. The Morgan fingerprint density at radius 2 is 1.81 bits per heavy atom. The van der Waals surface area contributed by atoms with E-state index in [0.717, 1.165) is 29.1 Å². The number of rotatable bonds is 5. The Bertz CT molecular complexity index is 1140. The molecule has 1 N–H and O–H groups in total. The van der Waals surface area contributed by atoms with Crippen molar-refractivity contribution in [3.05, 3.63) is 102 Å². The van der Waals surface area contributed by atoms with Crippen molar-refractivity contribution >= 4 is 17.3 Å². The lowest BCUT2D eigenvalue weighted by atomic mass is 9.76. The van der Waals surface area contributed by atoms with Gasteiger partial charge in [0.2, 0.25) is 0 Å². The van der Waals surface area contributed by atoms with Gasteiger partial charge in [-0.25, -0.2) is 0 Å². The molecule has 1 aliphatic carbocycles. The molecule has 3 atom stereocenters. The van der Waals surface area contributed by atoms with Crippen LogP contribution in [0.3, 0.4) is 0 Å². The second-order valence-electron chi connectivity index (χ2n) is 8.40. The fraction of sp³-hybridized carbons (Fsp3) is 0.250. The number of hydrogen-bond donors (Lipinski definition) is 1. The molecule has 4 heteroatoms. The van der Waals surface area contributed by atoms with E-state index in [1.807, 2.05) is 66.4 Å². The number of amides is 1. The van der Waals surface area contributed by atoms with Crippen LogP contribution in [-0.4, -0.2) is 19.6 Å². The number of nitrogens with one attached hydrogen (secondary N) is 1. The van der Waals surface area contributed by atoms with Crippen LogP contribution < -0.4 is 15.0 Å². The van der Waals surface area contributed by atoms with Crippen LogP contribution in [0.25, 0.3) is 0 Å². The highest BCUT2D eigenvalue weighted by Gasteiger charge is 2.39. The molecule has 3 aromatic carbocycles. The van der Waals surface area contributed by atoms with Crippen LogP contribution in [0.5, 0.6) is 5.75 Å². The summed E-state index contributed by atoms with van der Waals surface area (Å²) in [6.45, 7) is 2.63. The van der Waals surface area contributed by atoms with Crippen LogP contribution in [0, 0.1) is 5.92 Å². The van der Waals surface area contributed by atoms with Gasteiger partial charge in [-0.1, -0.05) is 54.6 Å². The molecule has 2 aliphatic rings. The van der Waals surface area contributed by atoms with E-state index in [2.05, 4.69) is 35.7 Å². The van der Waals surface area contributed by atoms with Gasteiger partial charge in [-0.15, -0.1) is 0 Å². The van der Waals surface area contributed by atoms with Crippen LogP contribution in [0.15, 0.2) is 84.9 Å². The zero-order valence-corrected chi connectivity index (χ0v) is 18.5. The summed E-state index contributed by atoms with van der Waals surface area (Å²) in [5.41, 5.74) is 5.03. The first kappa shape index (κ1) is 20.4. The summed E-state index contributed by atoms with van der Waals surface area (Å²) in [5.74, 6) is 1.61. The zero-order chi connectivity index (χ0) is 22.1. The molecular weight excluding hydrogens is 396 g/mol. The second-order valence-corrected chi connectivity index (χ2v) is 8.40. The van der Waals surface area contributed by atoms with Gasteiger partial charge in [0.25, 0.3) is 5.91 Å². The molecule has 32 heavy (non-hydrogen) atoms. The molecule has 5 rings (SSSR count). The van der Waals surface area contributed by atoms with E-state index in [1.165, 1.54) is 11.1 Å². The quantitative estimate of drug-likeness (QED) is 0.497. The maximum atomic E-state index is 13.7. The second kappa shape index (κ2) is 8.54. The third kappa shape index (κ3) is 3.46. The van der Waals surface area contributed by atoms with E-state index < -0.39 is 0 Å². The third-order valence-electron chi connectivity index (χ3n) is 6.73. The Labute approximate surface area is 189 Å². The maximum Gasteiger partial charge on any atom is 0.260 e. The van der Waals surface area contributed by atoms with Crippen molar-refractivity contribution in [2.45, 2.75) is 25.3 Å². The summed E-state index contributed by atoms with van der Waals surface area (Å²) in [7, 11) is 1.69. The Morgan fingerprint density at radius 1 is 1.03 bits per heavy atom. The lowest BCUT2D eigenvalue weighted by molar-refractivity contribution is 0.0988. The predicted octanol–water partition coefficient (Wildman–Crippen LogP) is 6.19. The number of carbonyl (C=O) groups excluding carboxylic acids is 1. The lowest BCUT2D eigenvalue weighted by Gasteiger charge is -2.38. The van der Waals surface area contributed by atoms with Crippen molar-refractivity contribution in [3.63, 3.8) is 0 Å². The molecule has 1 aliphatic heterocycles. The SMILES string of the molecule is CCN(C(=O)c1cccc2c1NC(c1ccc(OC)cc1)C1CC=CC21)c1ccccc1. The number of allylic oxidation sites excluding steroid dienone is 2. The first-order valence-electron chi connectivity index (χ1n) is 11.3. The highest BCUT2D eigenvalue weighted by molar-refractivity contribution is 6.10. The molecule has 0 radical (unpaired) electrons. The zero-order valence-electron chi connectivity index (χ0n) is 18.5. The molecule has 1 amide bonds. The number of fused-ring (bicyclic) bond motifs is 3. The average Bonchev–Trinajstić information content (AvgIpc) is 3.35. The van der Waals surface area contributed by atoms with Gasteiger partial charge in [-0.2, -0.15) is 0 Å². The van der Waals surface area contributed by atoms with Gasteiger partial charge in [-0.3, -0.25) is 4.79 Å². The van der Waals surface area contributed by atoms with Crippen LogP contribution >= 0.6 is 0 Å². The molecule has 0 bridgehead atoms. The van der Waals surface area contributed by atoms with Crippen molar-refractivity contribution in [2.24, 2.45) is 5.92 Å². The first-order chi connectivity index (χ1) is 15.7. The van der Waals surface area contributed by atoms with E-state index in [-0.39, 0.29) is 11.9 Å². The summed E-state index contributed by atoms with van der Waals surface area (Å²) in [5, 5.41) is 3.77. The number of hydrogen-bond acceptors (Lipinski definition) is 3. The number of benzene rings is 3. The van der Waals surface area contributed by atoms with Crippen molar-refractivity contribution in [1.29, 1.82) is 0 Å². The average molecular weight is 425 g/mol. The van der Waals surface area contributed by atoms with Gasteiger partial charge in [-0.05, 0) is 60.7 Å². The normalized spacial score (nSPS) is 20.8. The largest absolute Gasteiger partial charge is 0.497 e. The highest BCUT2D eigenvalue weighted by Crippen LogP contribution is 2.50. The van der Waals surface area contributed by atoms with Crippen LogP contribution in [-0.2, 0) is 0 Å². The Balaban J connectivity index is 1.55. The number of para-hydroxylation sites is 2. The lowest BCUT2D eigenvalue weighted by Crippen LogP contribution is -2.34. The van der Waals surface area contributed by atoms with Crippen LogP contribution in [0.4, 0.5) is 11.4 Å². The summed E-state index contributed by atoms with van der Waals surface area (Å²) in [6.07, 6.45) is 5.61. The van der Waals surface area contributed by atoms with Gasteiger partial charge in [0.05, 0.1) is 24.4 Å². The van der Waals surface area contributed by atoms with Gasteiger partial charge in [0.15, 0.2) is 0 Å².